The third-order valence-corrected chi connectivity index (χ3v) is 3.72. The number of benzene rings is 1. The van der Waals surface area contributed by atoms with E-state index in [1.165, 1.54) is 43.3 Å². The Kier molecular flexibility index (Phi) is 4.41. The lowest BCUT2D eigenvalue weighted by molar-refractivity contribution is 0.248. The molecule has 0 spiro atoms. The first-order valence-corrected chi connectivity index (χ1v) is 7.57. The Morgan fingerprint density at radius 2 is 2.00 bits per heavy atom. The first kappa shape index (κ1) is 15.3. The molecule has 6 heteroatoms. The Bertz CT molecular complexity index is 669. The predicted molar refractivity (Wildman–Crippen MR) is 85.1 cm³/mol. The monoisotopic (exact) mass is 315 g/mol. The van der Waals surface area contributed by atoms with Crippen molar-refractivity contribution in [2.75, 3.05) is 5.32 Å². The van der Waals surface area contributed by atoms with Crippen LogP contribution in [0, 0.1) is 11.7 Å². The Hall–Kier alpha value is -2.63. The molecule has 0 radical (unpaired) electrons. The molecule has 120 valence electrons. The molecule has 1 unspecified atom stereocenters. The van der Waals surface area contributed by atoms with Crippen LogP contribution in [0.4, 0.5) is 14.9 Å². The molecule has 1 aliphatic rings. The highest BCUT2D eigenvalue weighted by Crippen LogP contribution is 2.32. The average Bonchev–Trinajstić information content (AvgIpc) is 3.36. The van der Waals surface area contributed by atoms with Crippen molar-refractivity contribution < 1.29 is 13.9 Å². The van der Waals surface area contributed by atoms with Gasteiger partial charge in [0.15, 0.2) is 0 Å². The standard InChI is InChI=1S/C17H18FN3O2/c1-11(12-2-3-12)20-17(22)21-14-6-9-16(19-10-14)23-15-7-4-13(18)5-8-15/h4-12H,2-3H2,1H3,(H2,20,21,22). The first-order chi connectivity index (χ1) is 11.1. The molecule has 5 nitrogen and oxygen atoms in total. The number of carbonyl (C=O) groups excluding carboxylic acids is 1. The van der Waals surface area contributed by atoms with E-state index in [-0.39, 0.29) is 17.9 Å². The summed E-state index contributed by atoms with van der Waals surface area (Å²) in [7, 11) is 0. The molecule has 1 saturated carbocycles. The number of rotatable bonds is 5. The summed E-state index contributed by atoms with van der Waals surface area (Å²) in [5.41, 5.74) is 0.581. The number of hydrogen-bond donors (Lipinski definition) is 2. The van der Waals surface area contributed by atoms with Crippen molar-refractivity contribution in [1.29, 1.82) is 0 Å². The lowest BCUT2D eigenvalue weighted by Gasteiger charge is -2.13. The summed E-state index contributed by atoms with van der Waals surface area (Å²) in [6.45, 7) is 2.01. The molecular formula is C17H18FN3O2. The number of nitrogens with one attached hydrogen (secondary N) is 2. The van der Waals surface area contributed by atoms with Crippen LogP contribution in [0.1, 0.15) is 19.8 Å². The fourth-order valence-electron chi connectivity index (χ4n) is 2.23. The maximum absolute atomic E-state index is 12.8. The number of nitrogens with zero attached hydrogens (tertiary/aromatic N) is 1. The zero-order chi connectivity index (χ0) is 16.2. The number of anilines is 1. The van der Waals surface area contributed by atoms with E-state index < -0.39 is 0 Å². The van der Waals surface area contributed by atoms with E-state index in [1.807, 2.05) is 6.92 Å². The van der Waals surface area contributed by atoms with Gasteiger partial charge in [0, 0.05) is 12.1 Å². The molecule has 0 aliphatic heterocycles. The molecule has 23 heavy (non-hydrogen) atoms. The summed E-state index contributed by atoms with van der Waals surface area (Å²) in [6, 6.07) is 8.97. The first-order valence-electron chi connectivity index (χ1n) is 7.57. The summed E-state index contributed by atoms with van der Waals surface area (Å²) >= 11 is 0. The van der Waals surface area contributed by atoms with Crippen LogP contribution in [-0.2, 0) is 0 Å². The zero-order valence-corrected chi connectivity index (χ0v) is 12.8. The Morgan fingerprint density at radius 3 is 2.61 bits per heavy atom. The van der Waals surface area contributed by atoms with Gasteiger partial charge < -0.3 is 15.4 Å². The number of halogens is 1. The predicted octanol–water partition coefficient (Wildman–Crippen LogP) is 3.93. The minimum atomic E-state index is -0.323. The quantitative estimate of drug-likeness (QED) is 0.878. The SMILES string of the molecule is CC(NC(=O)Nc1ccc(Oc2ccc(F)cc2)nc1)C1CC1. The number of amides is 2. The number of ether oxygens (including phenoxy) is 1. The molecule has 1 aromatic carbocycles. The fraction of sp³-hybridized carbons (Fsp3) is 0.294. The van der Waals surface area contributed by atoms with Gasteiger partial charge in [-0.1, -0.05) is 0 Å². The average molecular weight is 315 g/mol. The van der Waals surface area contributed by atoms with Gasteiger partial charge in [-0.05, 0) is 56.0 Å². The number of urea groups is 1. The molecule has 1 atom stereocenters. The van der Waals surface area contributed by atoms with Crippen molar-refractivity contribution in [2.24, 2.45) is 5.92 Å². The number of aromatic nitrogens is 1. The van der Waals surface area contributed by atoms with E-state index in [4.69, 9.17) is 4.74 Å². The largest absolute Gasteiger partial charge is 0.439 e. The summed E-state index contributed by atoms with van der Waals surface area (Å²) < 4.78 is 18.3. The summed E-state index contributed by atoms with van der Waals surface area (Å²) in [5.74, 6) is 1.14. The lowest BCUT2D eigenvalue weighted by atomic mass is 10.2. The van der Waals surface area contributed by atoms with Crippen LogP contribution >= 0.6 is 0 Å². The van der Waals surface area contributed by atoms with E-state index in [0.717, 1.165) is 0 Å². The van der Waals surface area contributed by atoms with Crippen LogP contribution in [0.25, 0.3) is 0 Å². The maximum atomic E-state index is 12.8. The fourth-order valence-corrected chi connectivity index (χ4v) is 2.23. The second kappa shape index (κ2) is 6.64. The minimum absolute atomic E-state index is 0.184. The third-order valence-electron chi connectivity index (χ3n) is 3.72. The number of pyridine rings is 1. The normalized spacial score (nSPS) is 14.9. The summed E-state index contributed by atoms with van der Waals surface area (Å²) in [4.78, 5) is 16.0. The lowest BCUT2D eigenvalue weighted by Crippen LogP contribution is -2.37. The highest BCUT2D eigenvalue weighted by molar-refractivity contribution is 5.89. The molecule has 2 aromatic rings. The third kappa shape index (κ3) is 4.42. The van der Waals surface area contributed by atoms with Crippen LogP contribution in [0.5, 0.6) is 11.6 Å². The van der Waals surface area contributed by atoms with E-state index in [0.29, 0.717) is 23.2 Å². The van der Waals surface area contributed by atoms with Crippen molar-refractivity contribution >= 4 is 11.7 Å². The highest BCUT2D eigenvalue weighted by Gasteiger charge is 2.28. The van der Waals surface area contributed by atoms with Crippen LogP contribution in [0.15, 0.2) is 42.6 Å². The molecule has 1 heterocycles. The van der Waals surface area contributed by atoms with Gasteiger partial charge >= 0.3 is 6.03 Å². The molecule has 1 aromatic heterocycles. The molecule has 0 saturated heterocycles. The van der Waals surface area contributed by atoms with Gasteiger partial charge in [-0.2, -0.15) is 0 Å². The summed E-state index contributed by atoms with van der Waals surface area (Å²) in [5, 5.41) is 5.64. The second-order valence-corrected chi connectivity index (χ2v) is 5.67. The van der Waals surface area contributed by atoms with Crippen LogP contribution in [-0.4, -0.2) is 17.1 Å². The second-order valence-electron chi connectivity index (χ2n) is 5.67. The van der Waals surface area contributed by atoms with E-state index in [9.17, 15) is 9.18 Å². The molecular weight excluding hydrogens is 297 g/mol. The zero-order valence-electron chi connectivity index (χ0n) is 12.8. The molecule has 2 N–H and O–H groups in total. The summed E-state index contributed by atoms with van der Waals surface area (Å²) in [6.07, 6.45) is 3.87. The van der Waals surface area contributed by atoms with Crippen molar-refractivity contribution in [3.05, 3.63) is 48.4 Å². The Morgan fingerprint density at radius 1 is 1.26 bits per heavy atom. The van der Waals surface area contributed by atoms with Crippen LogP contribution < -0.4 is 15.4 Å². The van der Waals surface area contributed by atoms with E-state index in [2.05, 4.69) is 15.6 Å². The Balaban J connectivity index is 1.53. The van der Waals surface area contributed by atoms with Crippen molar-refractivity contribution in [2.45, 2.75) is 25.8 Å². The molecule has 1 aliphatic carbocycles. The van der Waals surface area contributed by atoms with Crippen LogP contribution in [0.2, 0.25) is 0 Å². The van der Waals surface area contributed by atoms with Gasteiger partial charge in [0.05, 0.1) is 11.9 Å². The van der Waals surface area contributed by atoms with Gasteiger partial charge in [-0.15, -0.1) is 0 Å². The van der Waals surface area contributed by atoms with Gasteiger partial charge in [0.1, 0.15) is 11.6 Å². The van der Waals surface area contributed by atoms with Crippen molar-refractivity contribution in [1.82, 2.24) is 10.3 Å². The van der Waals surface area contributed by atoms with Gasteiger partial charge in [-0.3, -0.25) is 0 Å². The van der Waals surface area contributed by atoms with Gasteiger partial charge in [0.2, 0.25) is 5.88 Å². The molecule has 3 rings (SSSR count). The smallest absolute Gasteiger partial charge is 0.319 e. The molecule has 1 fully saturated rings. The van der Waals surface area contributed by atoms with Crippen LogP contribution in [0.3, 0.4) is 0 Å². The van der Waals surface area contributed by atoms with Crippen molar-refractivity contribution in [3.8, 4) is 11.6 Å². The van der Waals surface area contributed by atoms with E-state index >= 15 is 0 Å². The molecule has 2 amide bonds. The maximum Gasteiger partial charge on any atom is 0.319 e. The number of carbonyl (C=O) groups is 1. The Labute approximate surface area is 133 Å². The topological polar surface area (TPSA) is 63.2 Å². The minimum Gasteiger partial charge on any atom is -0.439 e. The van der Waals surface area contributed by atoms with E-state index in [1.54, 1.807) is 12.1 Å². The number of hydrogen-bond acceptors (Lipinski definition) is 3. The van der Waals surface area contributed by atoms with Crippen molar-refractivity contribution in [3.63, 3.8) is 0 Å². The van der Waals surface area contributed by atoms with Gasteiger partial charge in [-0.25, -0.2) is 14.2 Å². The molecule has 0 bridgehead atoms. The van der Waals surface area contributed by atoms with Gasteiger partial charge in [0.25, 0.3) is 0 Å². The highest BCUT2D eigenvalue weighted by atomic mass is 19.1.